The highest BCUT2D eigenvalue weighted by atomic mass is 16.5. The van der Waals surface area contributed by atoms with E-state index in [0.717, 1.165) is 38.3 Å². The average Bonchev–Trinajstić information content (AvgIpc) is 3.39. The Kier molecular flexibility index (Phi) is 5.73. The Morgan fingerprint density at radius 3 is 2.71 bits per heavy atom. The molecule has 2 aromatic carbocycles. The Labute approximate surface area is 165 Å². The Hall–Kier alpha value is -3.05. The summed E-state index contributed by atoms with van der Waals surface area (Å²) in [6.45, 7) is 3.71. The van der Waals surface area contributed by atoms with E-state index < -0.39 is 0 Å². The lowest BCUT2D eigenvalue weighted by molar-refractivity contribution is 0.245. The monoisotopic (exact) mass is 374 g/mol. The molecule has 2 aromatic heterocycles. The number of aromatic nitrogens is 3. The quantitative estimate of drug-likeness (QED) is 0.470. The summed E-state index contributed by atoms with van der Waals surface area (Å²) in [5, 5.41) is 1.29. The third-order valence-electron chi connectivity index (χ3n) is 5.11. The van der Waals surface area contributed by atoms with Gasteiger partial charge in [-0.2, -0.15) is 0 Å². The Morgan fingerprint density at radius 2 is 1.86 bits per heavy atom. The number of benzene rings is 2. The molecule has 4 rings (SSSR count). The highest BCUT2D eigenvalue weighted by Gasteiger charge is 2.13. The number of methoxy groups -OCH3 is 1. The van der Waals surface area contributed by atoms with E-state index in [0.29, 0.717) is 0 Å². The number of rotatable bonds is 9. The van der Waals surface area contributed by atoms with Gasteiger partial charge in [-0.05, 0) is 24.1 Å². The smallest absolute Gasteiger partial charge is 0.123 e. The van der Waals surface area contributed by atoms with E-state index in [9.17, 15) is 0 Å². The molecule has 0 saturated heterocycles. The zero-order chi connectivity index (χ0) is 19.2. The first-order chi connectivity index (χ1) is 13.8. The molecule has 0 unspecified atom stereocenters. The number of para-hydroxylation sites is 2. The van der Waals surface area contributed by atoms with Gasteiger partial charge in [0, 0.05) is 61.2 Å². The van der Waals surface area contributed by atoms with Crippen LogP contribution in [0.4, 0.5) is 0 Å². The standard InChI is InChI=1S/C23H26N4O/c1-28-23-10-5-2-7-19(23)16-27(13-6-12-26-14-11-24-18-26)17-20-15-25-22-9-4-3-8-21(20)22/h2-5,7-11,14-15,18,25H,6,12-13,16-17H2,1H3. The first kappa shape index (κ1) is 18.3. The van der Waals surface area contributed by atoms with Crippen molar-refractivity contribution in [2.45, 2.75) is 26.1 Å². The molecule has 1 N–H and O–H groups in total. The number of aromatic amines is 1. The Balaban J connectivity index is 1.51. The molecule has 0 amide bonds. The van der Waals surface area contributed by atoms with Crippen LogP contribution in [0.1, 0.15) is 17.5 Å². The first-order valence-corrected chi connectivity index (χ1v) is 9.68. The SMILES string of the molecule is COc1ccccc1CN(CCCn1ccnc1)Cc1c[nH]c2ccccc12. The highest BCUT2D eigenvalue weighted by molar-refractivity contribution is 5.82. The molecule has 28 heavy (non-hydrogen) atoms. The van der Waals surface area contributed by atoms with Crippen LogP contribution >= 0.6 is 0 Å². The van der Waals surface area contributed by atoms with Crippen molar-refractivity contribution in [3.8, 4) is 5.75 Å². The van der Waals surface area contributed by atoms with Crippen molar-refractivity contribution in [2.24, 2.45) is 0 Å². The molecule has 0 bridgehead atoms. The average molecular weight is 374 g/mol. The van der Waals surface area contributed by atoms with E-state index in [1.807, 2.05) is 30.9 Å². The second kappa shape index (κ2) is 8.76. The van der Waals surface area contributed by atoms with Gasteiger partial charge in [0.1, 0.15) is 5.75 Å². The molecule has 0 fully saturated rings. The molecular formula is C23H26N4O. The van der Waals surface area contributed by atoms with Crippen LogP contribution < -0.4 is 4.74 Å². The van der Waals surface area contributed by atoms with E-state index >= 15 is 0 Å². The molecule has 5 nitrogen and oxygen atoms in total. The summed E-state index contributed by atoms with van der Waals surface area (Å²) >= 11 is 0. The molecule has 5 heteroatoms. The number of nitrogens with zero attached hydrogens (tertiary/aromatic N) is 3. The third kappa shape index (κ3) is 4.26. The molecule has 0 aliphatic carbocycles. The molecule has 0 aliphatic heterocycles. The maximum Gasteiger partial charge on any atom is 0.123 e. The van der Waals surface area contributed by atoms with Crippen molar-refractivity contribution in [3.05, 3.63) is 84.6 Å². The van der Waals surface area contributed by atoms with Gasteiger partial charge in [-0.1, -0.05) is 36.4 Å². The minimum atomic E-state index is 0.855. The summed E-state index contributed by atoms with van der Waals surface area (Å²) in [4.78, 5) is 10.0. The van der Waals surface area contributed by atoms with Crippen LogP contribution in [0.15, 0.2) is 73.4 Å². The number of H-pyrrole nitrogens is 1. The van der Waals surface area contributed by atoms with Crippen molar-refractivity contribution in [1.29, 1.82) is 0 Å². The molecule has 0 radical (unpaired) electrons. The lowest BCUT2D eigenvalue weighted by atomic mass is 10.1. The van der Waals surface area contributed by atoms with E-state index in [-0.39, 0.29) is 0 Å². The number of aryl methyl sites for hydroxylation is 1. The van der Waals surface area contributed by atoms with E-state index in [1.165, 1.54) is 22.0 Å². The summed E-state index contributed by atoms with van der Waals surface area (Å²) in [6, 6.07) is 16.8. The van der Waals surface area contributed by atoms with Crippen LogP contribution in [0.25, 0.3) is 10.9 Å². The van der Waals surface area contributed by atoms with Gasteiger partial charge in [-0.3, -0.25) is 4.90 Å². The van der Waals surface area contributed by atoms with Crippen molar-refractivity contribution in [3.63, 3.8) is 0 Å². The van der Waals surface area contributed by atoms with Gasteiger partial charge in [0.05, 0.1) is 13.4 Å². The van der Waals surface area contributed by atoms with Gasteiger partial charge in [0.15, 0.2) is 0 Å². The maximum absolute atomic E-state index is 5.57. The normalized spacial score (nSPS) is 11.4. The predicted octanol–water partition coefficient (Wildman–Crippen LogP) is 4.47. The summed E-state index contributed by atoms with van der Waals surface area (Å²) < 4.78 is 7.70. The number of ether oxygens (including phenoxy) is 1. The van der Waals surface area contributed by atoms with Crippen molar-refractivity contribution >= 4 is 10.9 Å². The van der Waals surface area contributed by atoms with Gasteiger partial charge in [0.25, 0.3) is 0 Å². The van der Waals surface area contributed by atoms with Crippen LogP contribution in [-0.2, 0) is 19.6 Å². The Morgan fingerprint density at radius 1 is 1.04 bits per heavy atom. The second-order valence-electron chi connectivity index (χ2n) is 7.04. The summed E-state index contributed by atoms with van der Waals surface area (Å²) in [6.07, 6.45) is 8.93. The van der Waals surface area contributed by atoms with Crippen LogP contribution in [0.3, 0.4) is 0 Å². The van der Waals surface area contributed by atoms with Crippen LogP contribution in [0.5, 0.6) is 5.75 Å². The summed E-state index contributed by atoms with van der Waals surface area (Å²) in [7, 11) is 1.74. The van der Waals surface area contributed by atoms with Crippen molar-refractivity contribution in [2.75, 3.05) is 13.7 Å². The highest BCUT2D eigenvalue weighted by Crippen LogP contribution is 2.23. The number of imidazole rings is 1. The number of hydrogen-bond donors (Lipinski definition) is 1. The Bertz CT molecular complexity index is 1010. The largest absolute Gasteiger partial charge is 0.496 e. The molecule has 0 spiro atoms. The summed E-state index contributed by atoms with van der Waals surface area (Å²) in [5.74, 6) is 0.945. The lowest BCUT2D eigenvalue weighted by Crippen LogP contribution is -2.25. The van der Waals surface area contributed by atoms with Gasteiger partial charge in [-0.25, -0.2) is 4.98 Å². The molecule has 4 aromatic rings. The molecule has 2 heterocycles. The van der Waals surface area contributed by atoms with Gasteiger partial charge in [0.2, 0.25) is 0 Å². The lowest BCUT2D eigenvalue weighted by Gasteiger charge is -2.23. The first-order valence-electron chi connectivity index (χ1n) is 9.68. The summed E-state index contributed by atoms with van der Waals surface area (Å²) in [5.41, 5.74) is 3.73. The second-order valence-corrected chi connectivity index (χ2v) is 7.04. The van der Waals surface area contributed by atoms with E-state index in [1.54, 1.807) is 7.11 Å². The zero-order valence-electron chi connectivity index (χ0n) is 16.2. The van der Waals surface area contributed by atoms with Gasteiger partial charge in [-0.15, -0.1) is 0 Å². The molecule has 144 valence electrons. The number of nitrogens with one attached hydrogen (secondary N) is 1. The minimum absolute atomic E-state index is 0.855. The fourth-order valence-corrected chi connectivity index (χ4v) is 3.69. The van der Waals surface area contributed by atoms with Crippen LogP contribution in [0.2, 0.25) is 0 Å². The number of hydrogen-bond acceptors (Lipinski definition) is 3. The van der Waals surface area contributed by atoms with E-state index in [2.05, 4.69) is 62.0 Å². The molecule has 0 saturated carbocycles. The number of fused-ring (bicyclic) bond motifs is 1. The maximum atomic E-state index is 5.57. The fourth-order valence-electron chi connectivity index (χ4n) is 3.69. The van der Waals surface area contributed by atoms with E-state index in [4.69, 9.17) is 4.74 Å². The van der Waals surface area contributed by atoms with Gasteiger partial charge < -0.3 is 14.3 Å². The minimum Gasteiger partial charge on any atom is -0.496 e. The zero-order valence-corrected chi connectivity index (χ0v) is 16.2. The van der Waals surface area contributed by atoms with Crippen LogP contribution in [-0.4, -0.2) is 33.1 Å². The molecule has 0 aliphatic rings. The fraction of sp³-hybridized carbons (Fsp3) is 0.261. The third-order valence-corrected chi connectivity index (χ3v) is 5.11. The molecular weight excluding hydrogens is 348 g/mol. The topological polar surface area (TPSA) is 46.1 Å². The van der Waals surface area contributed by atoms with Crippen LogP contribution in [0, 0.1) is 0 Å². The van der Waals surface area contributed by atoms with Crippen molar-refractivity contribution in [1.82, 2.24) is 19.4 Å². The predicted molar refractivity (Wildman–Crippen MR) is 112 cm³/mol. The molecule has 0 atom stereocenters. The van der Waals surface area contributed by atoms with Gasteiger partial charge >= 0.3 is 0 Å². The van der Waals surface area contributed by atoms with Crippen molar-refractivity contribution < 1.29 is 4.74 Å².